The van der Waals surface area contributed by atoms with Crippen molar-refractivity contribution in [2.75, 3.05) is 19.6 Å². The van der Waals surface area contributed by atoms with Gasteiger partial charge in [0.05, 0.1) is 0 Å². The molecule has 5 nitrogen and oxygen atoms in total. The molecule has 0 aromatic rings. The van der Waals surface area contributed by atoms with Crippen LogP contribution in [0.1, 0.15) is 46.0 Å². The van der Waals surface area contributed by atoms with E-state index < -0.39 is 12.0 Å². The lowest BCUT2D eigenvalue weighted by Gasteiger charge is -2.29. The Morgan fingerprint density at radius 1 is 1.05 bits per heavy atom. The molecule has 2 saturated heterocycles. The third-order valence-electron chi connectivity index (χ3n) is 4.77. The van der Waals surface area contributed by atoms with Crippen LogP contribution in [0, 0.1) is 11.8 Å². The largest absolute Gasteiger partial charge is 0.480 e. The van der Waals surface area contributed by atoms with Gasteiger partial charge in [0.15, 0.2) is 0 Å². The van der Waals surface area contributed by atoms with Gasteiger partial charge in [-0.2, -0.15) is 0 Å². The van der Waals surface area contributed by atoms with Gasteiger partial charge in [-0.1, -0.05) is 13.8 Å². The van der Waals surface area contributed by atoms with Gasteiger partial charge < -0.3 is 14.9 Å². The molecule has 0 radical (unpaired) electrons. The molecular weight excluding hydrogens is 256 g/mol. The van der Waals surface area contributed by atoms with Crippen molar-refractivity contribution in [2.45, 2.75) is 52.0 Å². The first-order chi connectivity index (χ1) is 9.50. The SMILES string of the molecule is CC(C)C1CCCN(C(=O)N2CCC[C@H]2C(=O)O)CC1. The van der Waals surface area contributed by atoms with Gasteiger partial charge in [0.25, 0.3) is 0 Å². The maximum absolute atomic E-state index is 12.5. The van der Waals surface area contributed by atoms with Crippen molar-refractivity contribution in [3.63, 3.8) is 0 Å². The van der Waals surface area contributed by atoms with Crippen LogP contribution in [-0.2, 0) is 4.79 Å². The smallest absolute Gasteiger partial charge is 0.326 e. The summed E-state index contributed by atoms with van der Waals surface area (Å²) < 4.78 is 0. The number of carbonyl (C=O) groups excluding carboxylic acids is 1. The van der Waals surface area contributed by atoms with Crippen molar-refractivity contribution in [3.05, 3.63) is 0 Å². The second-order valence-electron chi connectivity index (χ2n) is 6.39. The van der Waals surface area contributed by atoms with Crippen LogP contribution < -0.4 is 0 Å². The number of likely N-dealkylation sites (tertiary alicyclic amines) is 2. The fourth-order valence-electron chi connectivity index (χ4n) is 3.41. The van der Waals surface area contributed by atoms with E-state index in [1.807, 2.05) is 4.90 Å². The highest BCUT2D eigenvalue weighted by molar-refractivity contribution is 5.83. The minimum absolute atomic E-state index is 0.0701. The van der Waals surface area contributed by atoms with Crippen LogP contribution in [0.5, 0.6) is 0 Å². The summed E-state index contributed by atoms with van der Waals surface area (Å²) in [4.78, 5) is 27.1. The molecule has 2 amide bonds. The van der Waals surface area contributed by atoms with Crippen molar-refractivity contribution >= 4 is 12.0 Å². The summed E-state index contributed by atoms with van der Waals surface area (Å²) in [6.45, 7) is 6.60. The lowest BCUT2D eigenvalue weighted by atomic mass is 9.89. The molecule has 2 aliphatic rings. The number of carboxylic acids is 1. The van der Waals surface area contributed by atoms with Crippen molar-refractivity contribution in [1.82, 2.24) is 9.80 Å². The van der Waals surface area contributed by atoms with Crippen LogP contribution in [0.3, 0.4) is 0 Å². The second-order valence-corrected chi connectivity index (χ2v) is 6.39. The van der Waals surface area contributed by atoms with Crippen LogP contribution in [0.2, 0.25) is 0 Å². The molecule has 2 heterocycles. The zero-order valence-corrected chi connectivity index (χ0v) is 12.5. The molecule has 2 atom stereocenters. The molecule has 20 heavy (non-hydrogen) atoms. The van der Waals surface area contributed by atoms with Crippen LogP contribution >= 0.6 is 0 Å². The number of carboxylic acid groups (broad SMARTS) is 1. The number of hydrogen-bond donors (Lipinski definition) is 1. The van der Waals surface area contributed by atoms with E-state index in [1.165, 1.54) is 6.42 Å². The molecule has 2 fully saturated rings. The minimum Gasteiger partial charge on any atom is -0.480 e. The summed E-state index contributed by atoms with van der Waals surface area (Å²) in [6.07, 6.45) is 4.62. The normalized spacial score (nSPS) is 27.8. The fourth-order valence-corrected chi connectivity index (χ4v) is 3.41. The fraction of sp³-hybridized carbons (Fsp3) is 0.867. The van der Waals surface area contributed by atoms with Crippen molar-refractivity contribution in [2.24, 2.45) is 11.8 Å². The van der Waals surface area contributed by atoms with Gasteiger partial charge in [0.2, 0.25) is 0 Å². The molecule has 114 valence electrons. The monoisotopic (exact) mass is 282 g/mol. The van der Waals surface area contributed by atoms with E-state index in [-0.39, 0.29) is 6.03 Å². The highest BCUT2D eigenvalue weighted by Gasteiger charge is 2.36. The number of nitrogens with zero attached hydrogens (tertiary/aromatic N) is 2. The Bertz CT molecular complexity index is 370. The number of carbonyl (C=O) groups is 2. The van der Waals surface area contributed by atoms with Gasteiger partial charge in [-0.15, -0.1) is 0 Å². The van der Waals surface area contributed by atoms with Gasteiger partial charge >= 0.3 is 12.0 Å². The second kappa shape index (κ2) is 6.46. The van der Waals surface area contributed by atoms with E-state index in [4.69, 9.17) is 0 Å². The number of rotatable bonds is 2. The van der Waals surface area contributed by atoms with Crippen LogP contribution in [0.25, 0.3) is 0 Å². The molecule has 0 aliphatic carbocycles. The number of aliphatic carboxylic acids is 1. The molecule has 2 rings (SSSR count). The number of amides is 2. The van der Waals surface area contributed by atoms with E-state index >= 15 is 0 Å². The average Bonchev–Trinajstić information content (AvgIpc) is 2.75. The molecule has 0 spiro atoms. The van der Waals surface area contributed by atoms with E-state index in [1.54, 1.807) is 4.90 Å². The van der Waals surface area contributed by atoms with Gasteiger partial charge in [0, 0.05) is 19.6 Å². The summed E-state index contributed by atoms with van der Waals surface area (Å²) in [5, 5.41) is 9.19. The molecule has 0 aromatic carbocycles. The number of urea groups is 1. The maximum atomic E-state index is 12.5. The lowest BCUT2D eigenvalue weighted by molar-refractivity contribution is -0.141. The first kappa shape index (κ1) is 15.1. The first-order valence-electron chi connectivity index (χ1n) is 7.79. The molecule has 5 heteroatoms. The zero-order chi connectivity index (χ0) is 14.7. The summed E-state index contributed by atoms with van der Waals surface area (Å²) in [7, 11) is 0. The third kappa shape index (κ3) is 3.25. The molecule has 2 aliphatic heterocycles. The quantitative estimate of drug-likeness (QED) is 0.846. The average molecular weight is 282 g/mol. The van der Waals surface area contributed by atoms with Gasteiger partial charge in [-0.3, -0.25) is 0 Å². The third-order valence-corrected chi connectivity index (χ3v) is 4.77. The highest BCUT2D eigenvalue weighted by atomic mass is 16.4. The molecule has 0 aromatic heterocycles. The van der Waals surface area contributed by atoms with Crippen LogP contribution in [-0.4, -0.2) is 52.6 Å². The molecular formula is C15H26N2O3. The first-order valence-corrected chi connectivity index (χ1v) is 7.79. The predicted octanol–water partition coefficient (Wildman–Crippen LogP) is 2.41. The Kier molecular flexibility index (Phi) is 4.89. The van der Waals surface area contributed by atoms with Crippen LogP contribution in [0.4, 0.5) is 4.79 Å². The van der Waals surface area contributed by atoms with E-state index in [0.29, 0.717) is 24.8 Å². The van der Waals surface area contributed by atoms with Gasteiger partial charge in [0.1, 0.15) is 6.04 Å². The summed E-state index contributed by atoms with van der Waals surface area (Å²) in [5.41, 5.74) is 0. The predicted molar refractivity (Wildman–Crippen MR) is 76.5 cm³/mol. The van der Waals surface area contributed by atoms with Crippen molar-refractivity contribution in [1.29, 1.82) is 0 Å². The molecule has 1 unspecified atom stereocenters. The molecule has 0 bridgehead atoms. The Balaban J connectivity index is 1.97. The van der Waals surface area contributed by atoms with Gasteiger partial charge in [-0.25, -0.2) is 9.59 Å². The van der Waals surface area contributed by atoms with Gasteiger partial charge in [-0.05, 0) is 43.9 Å². The Morgan fingerprint density at radius 2 is 1.75 bits per heavy atom. The standard InChI is InChI=1S/C15H26N2O3/c1-11(2)12-5-3-8-16(10-7-12)15(20)17-9-4-6-13(17)14(18)19/h11-13H,3-10H2,1-2H3,(H,18,19)/t12?,13-/m0/s1. The van der Waals surface area contributed by atoms with Crippen LogP contribution in [0.15, 0.2) is 0 Å². The van der Waals surface area contributed by atoms with E-state index in [9.17, 15) is 14.7 Å². The van der Waals surface area contributed by atoms with E-state index in [2.05, 4.69) is 13.8 Å². The van der Waals surface area contributed by atoms with Crippen molar-refractivity contribution < 1.29 is 14.7 Å². The summed E-state index contributed by atoms with van der Waals surface area (Å²) in [6, 6.07) is -0.689. The summed E-state index contributed by atoms with van der Waals surface area (Å²) >= 11 is 0. The Hall–Kier alpha value is -1.26. The molecule has 0 saturated carbocycles. The Labute approximate surface area is 120 Å². The topological polar surface area (TPSA) is 60.9 Å². The number of hydrogen-bond acceptors (Lipinski definition) is 2. The molecule has 1 N–H and O–H groups in total. The zero-order valence-electron chi connectivity index (χ0n) is 12.5. The van der Waals surface area contributed by atoms with E-state index in [0.717, 1.165) is 32.4 Å². The Morgan fingerprint density at radius 3 is 2.40 bits per heavy atom. The summed E-state index contributed by atoms with van der Waals surface area (Å²) in [5.74, 6) is 0.469. The van der Waals surface area contributed by atoms with Crippen molar-refractivity contribution in [3.8, 4) is 0 Å². The minimum atomic E-state index is -0.870. The lowest BCUT2D eigenvalue weighted by Crippen LogP contribution is -2.48. The maximum Gasteiger partial charge on any atom is 0.326 e. The highest BCUT2D eigenvalue weighted by Crippen LogP contribution is 2.26.